The number of allylic oxidation sites excluding steroid dienone is 1. The van der Waals surface area contributed by atoms with Gasteiger partial charge in [-0.15, -0.1) is 0 Å². The number of benzene rings is 3. The van der Waals surface area contributed by atoms with Crippen molar-refractivity contribution in [3.63, 3.8) is 0 Å². The molecule has 6 heteroatoms. The third-order valence-electron chi connectivity index (χ3n) is 6.25. The van der Waals surface area contributed by atoms with Crippen LogP contribution in [0.3, 0.4) is 0 Å². The second-order valence-electron chi connectivity index (χ2n) is 8.15. The summed E-state index contributed by atoms with van der Waals surface area (Å²) in [5.41, 5.74) is 7.52. The molecule has 0 spiro atoms. The van der Waals surface area contributed by atoms with E-state index in [0.29, 0.717) is 11.5 Å². The van der Waals surface area contributed by atoms with Gasteiger partial charge in [-0.05, 0) is 23.1 Å². The molecule has 0 amide bonds. The first-order valence-corrected chi connectivity index (χ1v) is 11.1. The monoisotopic (exact) mass is 456 g/mol. The first-order valence-electron chi connectivity index (χ1n) is 11.1. The molecule has 0 radical (unpaired) electrons. The van der Waals surface area contributed by atoms with Gasteiger partial charge in [0.05, 0.1) is 7.11 Å². The van der Waals surface area contributed by atoms with Crippen molar-refractivity contribution < 1.29 is 19.2 Å². The number of nitrogens with zero attached hydrogens (tertiary/aromatic N) is 1. The van der Waals surface area contributed by atoms with E-state index in [-0.39, 0.29) is 17.7 Å². The minimum absolute atomic E-state index is 0.0788. The van der Waals surface area contributed by atoms with Crippen LogP contribution in [0.15, 0.2) is 102 Å². The van der Waals surface area contributed by atoms with Crippen LogP contribution in [-0.4, -0.2) is 25.9 Å². The summed E-state index contributed by atoms with van der Waals surface area (Å²) in [5.74, 6) is -0.273. The maximum absolute atomic E-state index is 12.2. The number of hydroxylamine groups is 1. The van der Waals surface area contributed by atoms with Crippen molar-refractivity contribution in [1.82, 2.24) is 5.48 Å². The van der Waals surface area contributed by atoms with Crippen LogP contribution in [0.25, 0.3) is 0 Å². The van der Waals surface area contributed by atoms with Gasteiger partial charge in [-0.3, -0.25) is 10.3 Å². The van der Waals surface area contributed by atoms with Crippen LogP contribution in [0.4, 0.5) is 0 Å². The third-order valence-corrected chi connectivity index (χ3v) is 6.25. The van der Waals surface area contributed by atoms with Gasteiger partial charge in [0.25, 0.3) is 0 Å². The number of carbonyl (C=O) groups is 1. The number of methoxy groups -OCH3 is 1. The molecule has 0 saturated heterocycles. The van der Waals surface area contributed by atoms with Crippen molar-refractivity contribution in [2.24, 2.45) is 5.16 Å². The minimum Gasteiger partial charge on any atom is -0.464 e. The standard InChI is InChI=1S/C28H28N2O4/c1-20(28(23-15-8-5-9-16-23)18-25(28)21-12-6-4-7-13-21)29-34-19-22-14-10-11-17-24(22)26(30-33-3)27(31)32-2/h4-17,25,29H,1,18-19H2,2-3H3. The summed E-state index contributed by atoms with van der Waals surface area (Å²) >= 11 is 0. The van der Waals surface area contributed by atoms with Crippen molar-refractivity contribution in [1.29, 1.82) is 0 Å². The zero-order valence-electron chi connectivity index (χ0n) is 19.4. The van der Waals surface area contributed by atoms with E-state index in [2.05, 4.69) is 53.6 Å². The highest BCUT2D eigenvalue weighted by Crippen LogP contribution is 2.63. The molecular weight excluding hydrogens is 428 g/mol. The van der Waals surface area contributed by atoms with Crippen molar-refractivity contribution in [3.8, 4) is 0 Å². The number of ether oxygens (including phenoxy) is 1. The van der Waals surface area contributed by atoms with Gasteiger partial charge in [-0.1, -0.05) is 96.7 Å². The number of hydrogen-bond donors (Lipinski definition) is 1. The molecule has 6 nitrogen and oxygen atoms in total. The summed E-state index contributed by atoms with van der Waals surface area (Å²) in [6.07, 6.45) is 0.944. The summed E-state index contributed by atoms with van der Waals surface area (Å²) in [4.78, 5) is 23.0. The van der Waals surface area contributed by atoms with E-state index in [4.69, 9.17) is 14.4 Å². The fourth-order valence-corrected chi connectivity index (χ4v) is 4.47. The predicted molar refractivity (Wildman–Crippen MR) is 131 cm³/mol. The third kappa shape index (κ3) is 4.58. The Labute approximate surface area is 199 Å². The molecule has 1 saturated carbocycles. The van der Waals surface area contributed by atoms with Gasteiger partial charge < -0.3 is 9.57 Å². The van der Waals surface area contributed by atoms with E-state index in [1.165, 1.54) is 25.3 Å². The van der Waals surface area contributed by atoms with Gasteiger partial charge in [-0.25, -0.2) is 4.79 Å². The zero-order chi connectivity index (χ0) is 24.0. The molecule has 3 aromatic carbocycles. The van der Waals surface area contributed by atoms with Crippen molar-refractivity contribution in [2.75, 3.05) is 14.2 Å². The molecule has 0 heterocycles. The fraction of sp³-hybridized carbons (Fsp3) is 0.214. The Morgan fingerprint density at radius 1 is 1.00 bits per heavy atom. The van der Waals surface area contributed by atoms with E-state index >= 15 is 0 Å². The molecule has 4 rings (SSSR count). The van der Waals surface area contributed by atoms with E-state index in [1.54, 1.807) is 6.07 Å². The highest BCUT2D eigenvalue weighted by molar-refractivity contribution is 6.43. The Morgan fingerprint density at radius 2 is 1.65 bits per heavy atom. The fourth-order valence-electron chi connectivity index (χ4n) is 4.47. The molecule has 1 N–H and O–H groups in total. The number of carbonyl (C=O) groups excluding carboxylic acids is 1. The lowest BCUT2D eigenvalue weighted by molar-refractivity contribution is -0.132. The predicted octanol–water partition coefficient (Wildman–Crippen LogP) is 4.87. The summed E-state index contributed by atoms with van der Waals surface area (Å²) in [6, 6.07) is 28.2. The molecule has 3 aromatic rings. The molecule has 1 aliphatic carbocycles. The van der Waals surface area contributed by atoms with Crippen molar-refractivity contribution in [3.05, 3.63) is 119 Å². The number of nitrogens with one attached hydrogen (secondary N) is 1. The van der Waals surface area contributed by atoms with Crippen molar-refractivity contribution in [2.45, 2.75) is 24.4 Å². The quantitative estimate of drug-likeness (QED) is 0.268. The molecule has 1 aliphatic rings. The summed E-state index contributed by atoms with van der Waals surface area (Å²) in [5, 5.41) is 3.85. The van der Waals surface area contributed by atoms with E-state index < -0.39 is 5.97 Å². The zero-order valence-corrected chi connectivity index (χ0v) is 19.4. The van der Waals surface area contributed by atoms with Gasteiger partial charge in [0.2, 0.25) is 0 Å². The van der Waals surface area contributed by atoms with Gasteiger partial charge >= 0.3 is 5.97 Å². The molecule has 2 atom stereocenters. The normalized spacial score (nSPS) is 19.2. The van der Waals surface area contributed by atoms with E-state index in [9.17, 15) is 4.79 Å². The van der Waals surface area contributed by atoms with Gasteiger partial charge in [0.1, 0.15) is 13.7 Å². The maximum Gasteiger partial charge on any atom is 0.360 e. The number of hydrogen-bond acceptors (Lipinski definition) is 6. The molecule has 0 bridgehead atoms. The van der Waals surface area contributed by atoms with E-state index in [0.717, 1.165) is 17.7 Å². The Morgan fingerprint density at radius 3 is 2.32 bits per heavy atom. The minimum atomic E-state index is -0.585. The molecular formula is C28H28N2O4. The Hall–Kier alpha value is -3.90. The SMILES string of the molecule is C=C(NOCc1ccccc1C(=NOC)C(=O)OC)C1(c2ccccc2)CC1c1ccccc1. The average Bonchev–Trinajstić information content (AvgIpc) is 3.65. The Bertz CT molecular complexity index is 1180. The van der Waals surface area contributed by atoms with Gasteiger partial charge in [-0.2, -0.15) is 0 Å². The molecule has 1 fully saturated rings. The molecule has 34 heavy (non-hydrogen) atoms. The highest BCUT2D eigenvalue weighted by Gasteiger charge is 2.58. The van der Waals surface area contributed by atoms with Crippen LogP contribution in [0, 0.1) is 0 Å². The first-order chi connectivity index (χ1) is 16.6. The second kappa shape index (κ2) is 10.4. The molecule has 0 aliphatic heterocycles. The van der Waals surface area contributed by atoms with Gasteiger partial charge in [0, 0.05) is 22.6 Å². The number of rotatable bonds is 10. The van der Waals surface area contributed by atoms with Crippen LogP contribution in [0.5, 0.6) is 0 Å². The Kier molecular flexibility index (Phi) is 7.09. The van der Waals surface area contributed by atoms with Gasteiger partial charge in [0.15, 0.2) is 5.71 Å². The first kappa shape index (κ1) is 23.3. The average molecular weight is 457 g/mol. The van der Waals surface area contributed by atoms with Crippen LogP contribution >= 0.6 is 0 Å². The smallest absolute Gasteiger partial charge is 0.360 e. The van der Waals surface area contributed by atoms with Crippen LogP contribution < -0.4 is 5.48 Å². The molecule has 0 aromatic heterocycles. The molecule has 174 valence electrons. The summed E-state index contributed by atoms with van der Waals surface area (Å²) in [7, 11) is 2.69. The molecule has 2 unspecified atom stereocenters. The van der Waals surface area contributed by atoms with E-state index in [1.807, 2.05) is 42.5 Å². The number of oxime groups is 1. The second-order valence-corrected chi connectivity index (χ2v) is 8.15. The van der Waals surface area contributed by atoms with Crippen LogP contribution in [0.2, 0.25) is 0 Å². The van der Waals surface area contributed by atoms with Crippen LogP contribution in [-0.2, 0) is 31.2 Å². The topological polar surface area (TPSA) is 69.1 Å². The highest BCUT2D eigenvalue weighted by atomic mass is 16.6. The Balaban J connectivity index is 1.52. The summed E-state index contributed by atoms with van der Waals surface area (Å²) < 4.78 is 4.85. The summed E-state index contributed by atoms with van der Waals surface area (Å²) in [6.45, 7) is 4.54. The lowest BCUT2D eigenvalue weighted by Gasteiger charge is -2.23. The lowest BCUT2D eigenvalue weighted by Crippen LogP contribution is -2.26. The van der Waals surface area contributed by atoms with Crippen molar-refractivity contribution >= 4 is 11.7 Å². The van der Waals surface area contributed by atoms with Crippen LogP contribution in [0.1, 0.15) is 34.6 Å². The largest absolute Gasteiger partial charge is 0.464 e. The lowest BCUT2D eigenvalue weighted by atomic mass is 9.88. The number of esters is 1. The maximum atomic E-state index is 12.2.